The summed E-state index contributed by atoms with van der Waals surface area (Å²) in [4.78, 5) is 15.3. The third-order valence-electron chi connectivity index (χ3n) is 3.16. The number of aliphatic hydroxyl groups is 1. The maximum atomic E-state index is 11.0. The lowest BCUT2D eigenvalue weighted by atomic mass is 9.89. The number of nitrogens with zero attached hydrogens (tertiary/aromatic N) is 2. The van der Waals surface area contributed by atoms with Gasteiger partial charge in [0, 0.05) is 23.3 Å². The highest BCUT2D eigenvalue weighted by Gasteiger charge is 2.23. The highest BCUT2D eigenvalue weighted by atomic mass is 16.3. The van der Waals surface area contributed by atoms with Gasteiger partial charge in [-0.1, -0.05) is 20.8 Å². The number of aldehydes is 1. The average Bonchev–Trinajstić information content (AvgIpc) is 2.67. The number of hydrogen-bond donors (Lipinski definition) is 1. The second-order valence-electron chi connectivity index (χ2n) is 5.61. The smallest absolute Gasteiger partial charge is 0.152 e. The van der Waals surface area contributed by atoms with E-state index in [1.54, 1.807) is 18.5 Å². The van der Waals surface area contributed by atoms with Gasteiger partial charge in [-0.25, -0.2) is 4.98 Å². The summed E-state index contributed by atoms with van der Waals surface area (Å²) in [6.45, 7) is 6.39. The van der Waals surface area contributed by atoms with Crippen molar-refractivity contribution >= 4 is 17.3 Å². The Kier molecular flexibility index (Phi) is 3.22. The van der Waals surface area contributed by atoms with E-state index in [0.29, 0.717) is 12.1 Å². The number of aliphatic hydroxyl groups excluding tert-OH is 1. The van der Waals surface area contributed by atoms with Gasteiger partial charge in [0.05, 0.1) is 12.6 Å². The molecule has 2 heterocycles. The number of carbonyl (C=O) groups is 1. The first kappa shape index (κ1) is 12.8. The van der Waals surface area contributed by atoms with Crippen molar-refractivity contribution < 1.29 is 9.90 Å². The van der Waals surface area contributed by atoms with Crippen LogP contribution in [0, 0.1) is 5.41 Å². The summed E-state index contributed by atoms with van der Waals surface area (Å²) < 4.78 is 1.84. The monoisotopic (exact) mass is 246 g/mol. The lowest BCUT2D eigenvalue weighted by molar-refractivity contribution is 0.0490. The largest absolute Gasteiger partial charge is 0.391 e. The fourth-order valence-electron chi connectivity index (χ4n) is 1.84. The Bertz CT molecular complexity index is 567. The minimum absolute atomic E-state index is 0.202. The first-order valence-electron chi connectivity index (χ1n) is 6.00. The van der Waals surface area contributed by atoms with Gasteiger partial charge in [0.1, 0.15) is 5.65 Å². The SMILES string of the molecule is CC(C)(C)C(O)Cn1cc(C=O)c2cccnc21. The van der Waals surface area contributed by atoms with Crippen LogP contribution in [0.15, 0.2) is 24.5 Å². The van der Waals surface area contributed by atoms with Crippen LogP contribution in [0.1, 0.15) is 31.1 Å². The third kappa shape index (κ3) is 2.29. The second-order valence-corrected chi connectivity index (χ2v) is 5.61. The highest BCUT2D eigenvalue weighted by Crippen LogP contribution is 2.23. The quantitative estimate of drug-likeness (QED) is 0.845. The molecule has 4 heteroatoms. The molecule has 2 aromatic heterocycles. The molecule has 0 aliphatic carbocycles. The lowest BCUT2D eigenvalue weighted by Gasteiger charge is -2.26. The van der Waals surface area contributed by atoms with E-state index in [1.807, 2.05) is 31.4 Å². The number of aromatic nitrogens is 2. The standard InChI is InChI=1S/C14H18N2O2/c1-14(2,3)12(18)8-16-7-10(9-17)11-5-4-6-15-13(11)16/h4-7,9,12,18H,8H2,1-3H3. The molecule has 0 fully saturated rings. The van der Waals surface area contributed by atoms with Gasteiger partial charge in [-0.3, -0.25) is 4.79 Å². The molecule has 1 N–H and O–H groups in total. The second kappa shape index (κ2) is 4.53. The summed E-state index contributed by atoms with van der Waals surface area (Å²) in [5.74, 6) is 0. The van der Waals surface area contributed by atoms with E-state index in [-0.39, 0.29) is 5.41 Å². The molecule has 0 saturated heterocycles. The van der Waals surface area contributed by atoms with Crippen LogP contribution in [0.5, 0.6) is 0 Å². The zero-order valence-electron chi connectivity index (χ0n) is 10.9. The van der Waals surface area contributed by atoms with Crippen molar-refractivity contribution in [1.29, 1.82) is 0 Å². The van der Waals surface area contributed by atoms with Gasteiger partial charge in [0.25, 0.3) is 0 Å². The maximum absolute atomic E-state index is 11.0. The number of fused-ring (bicyclic) bond motifs is 1. The van der Waals surface area contributed by atoms with Gasteiger partial charge in [0.15, 0.2) is 6.29 Å². The fourth-order valence-corrected chi connectivity index (χ4v) is 1.84. The van der Waals surface area contributed by atoms with Crippen LogP contribution in [0.4, 0.5) is 0 Å². The topological polar surface area (TPSA) is 55.1 Å². The van der Waals surface area contributed by atoms with Crippen LogP contribution in [-0.2, 0) is 6.54 Å². The molecule has 2 rings (SSSR count). The Morgan fingerprint density at radius 1 is 1.50 bits per heavy atom. The number of carbonyl (C=O) groups excluding carboxylic acids is 1. The van der Waals surface area contributed by atoms with Crippen LogP contribution in [0.3, 0.4) is 0 Å². The molecule has 4 nitrogen and oxygen atoms in total. The average molecular weight is 246 g/mol. The number of rotatable bonds is 3. The lowest BCUT2D eigenvalue weighted by Crippen LogP contribution is -2.30. The van der Waals surface area contributed by atoms with Gasteiger partial charge in [-0.2, -0.15) is 0 Å². The summed E-state index contributed by atoms with van der Waals surface area (Å²) in [6, 6.07) is 3.67. The Labute approximate surface area is 106 Å². The van der Waals surface area contributed by atoms with Gasteiger partial charge >= 0.3 is 0 Å². The molecule has 0 aromatic carbocycles. The molecule has 1 atom stereocenters. The molecule has 0 aliphatic rings. The normalized spacial score (nSPS) is 13.8. The molecular weight excluding hydrogens is 228 g/mol. The van der Waals surface area contributed by atoms with E-state index in [4.69, 9.17) is 0 Å². The van der Waals surface area contributed by atoms with Crippen molar-refractivity contribution in [2.24, 2.45) is 5.41 Å². The van der Waals surface area contributed by atoms with Crippen LogP contribution < -0.4 is 0 Å². The molecule has 0 spiro atoms. The van der Waals surface area contributed by atoms with Gasteiger partial charge in [0.2, 0.25) is 0 Å². The van der Waals surface area contributed by atoms with Crippen LogP contribution >= 0.6 is 0 Å². The Hall–Kier alpha value is -1.68. The summed E-state index contributed by atoms with van der Waals surface area (Å²) >= 11 is 0. The first-order valence-corrected chi connectivity index (χ1v) is 6.00. The molecule has 18 heavy (non-hydrogen) atoms. The van der Waals surface area contributed by atoms with Gasteiger partial charge < -0.3 is 9.67 Å². The summed E-state index contributed by atoms with van der Waals surface area (Å²) in [5, 5.41) is 11.0. The van der Waals surface area contributed by atoms with Crippen molar-refractivity contribution in [2.75, 3.05) is 0 Å². The third-order valence-corrected chi connectivity index (χ3v) is 3.16. The number of hydrogen-bond acceptors (Lipinski definition) is 3. The molecule has 0 bridgehead atoms. The highest BCUT2D eigenvalue weighted by molar-refractivity contribution is 5.95. The van der Waals surface area contributed by atoms with Crippen LogP contribution in [-0.4, -0.2) is 27.0 Å². The summed E-state index contributed by atoms with van der Waals surface area (Å²) in [7, 11) is 0. The van der Waals surface area contributed by atoms with E-state index in [2.05, 4.69) is 4.98 Å². The van der Waals surface area contributed by atoms with E-state index in [0.717, 1.165) is 17.3 Å². The molecule has 1 unspecified atom stereocenters. The molecule has 2 aromatic rings. The van der Waals surface area contributed by atoms with E-state index in [1.165, 1.54) is 0 Å². The van der Waals surface area contributed by atoms with Crippen LogP contribution in [0.2, 0.25) is 0 Å². The zero-order chi connectivity index (χ0) is 13.3. The molecule has 96 valence electrons. The van der Waals surface area contributed by atoms with Crippen molar-refractivity contribution in [3.63, 3.8) is 0 Å². The fraction of sp³-hybridized carbons (Fsp3) is 0.429. The van der Waals surface area contributed by atoms with Gasteiger partial charge in [-0.15, -0.1) is 0 Å². The van der Waals surface area contributed by atoms with Gasteiger partial charge in [-0.05, 0) is 17.5 Å². The Morgan fingerprint density at radius 2 is 2.22 bits per heavy atom. The van der Waals surface area contributed by atoms with E-state index < -0.39 is 6.10 Å². The van der Waals surface area contributed by atoms with Crippen molar-refractivity contribution in [3.8, 4) is 0 Å². The predicted molar refractivity (Wildman–Crippen MR) is 70.6 cm³/mol. The van der Waals surface area contributed by atoms with Crippen molar-refractivity contribution in [3.05, 3.63) is 30.1 Å². The predicted octanol–water partition coefficient (Wildman–Crippen LogP) is 2.26. The summed E-state index contributed by atoms with van der Waals surface area (Å²) in [5.41, 5.74) is 1.15. The molecular formula is C14H18N2O2. The molecule has 0 amide bonds. The van der Waals surface area contributed by atoms with Crippen molar-refractivity contribution in [1.82, 2.24) is 9.55 Å². The Balaban J connectivity index is 2.43. The first-order chi connectivity index (χ1) is 8.43. The van der Waals surface area contributed by atoms with E-state index >= 15 is 0 Å². The minimum Gasteiger partial charge on any atom is -0.391 e. The molecule has 0 radical (unpaired) electrons. The summed E-state index contributed by atoms with van der Waals surface area (Å²) in [6.07, 6.45) is 3.77. The van der Waals surface area contributed by atoms with Crippen molar-refractivity contribution in [2.45, 2.75) is 33.4 Å². The Morgan fingerprint density at radius 3 is 2.83 bits per heavy atom. The maximum Gasteiger partial charge on any atom is 0.152 e. The molecule has 0 aliphatic heterocycles. The number of pyridine rings is 1. The zero-order valence-corrected chi connectivity index (χ0v) is 10.9. The minimum atomic E-state index is -0.491. The molecule has 0 saturated carbocycles. The van der Waals surface area contributed by atoms with E-state index in [9.17, 15) is 9.90 Å². The van der Waals surface area contributed by atoms with Crippen LogP contribution in [0.25, 0.3) is 11.0 Å².